The lowest BCUT2D eigenvalue weighted by Gasteiger charge is -2.35. The van der Waals surface area contributed by atoms with Gasteiger partial charge in [-0.05, 0) is 11.4 Å². The van der Waals surface area contributed by atoms with Crippen LogP contribution in [-0.2, 0) is 10.0 Å². The Morgan fingerprint density at radius 2 is 1.73 bits per heavy atom. The van der Waals surface area contributed by atoms with Gasteiger partial charge in [-0.1, -0.05) is 29.3 Å². The maximum Gasteiger partial charge on any atom is 0.252 e. The van der Waals surface area contributed by atoms with Gasteiger partial charge in [-0.2, -0.15) is 4.31 Å². The van der Waals surface area contributed by atoms with E-state index >= 15 is 0 Å². The van der Waals surface area contributed by atoms with Crippen LogP contribution in [0.1, 0.15) is 0 Å². The Kier molecular flexibility index (Phi) is 4.61. The SMILES string of the molecule is O=S(=O)(c1cccs1)N1CCN(c2c(Cl)cncc2Cl)CC1. The molecule has 118 valence electrons. The van der Waals surface area contributed by atoms with Crippen molar-refractivity contribution in [2.45, 2.75) is 4.21 Å². The quantitative estimate of drug-likeness (QED) is 0.824. The number of hydrogen-bond donors (Lipinski definition) is 0. The smallest absolute Gasteiger partial charge is 0.252 e. The largest absolute Gasteiger partial charge is 0.366 e. The van der Waals surface area contributed by atoms with Crippen LogP contribution in [0.3, 0.4) is 0 Å². The fourth-order valence-electron chi connectivity index (χ4n) is 2.40. The molecule has 0 saturated carbocycles. The first-order chi connectivity index (χ1) is 10.5. The maximum atomic E-state index is 12.5. The molecule has 0 aliphatic carbocycles. The van der Waals surface area contributed by atoms with Gasteiger partial charge in [0.25, 0.3) is 10.0 Å². The number of pyridine rings is 1. The number of halogens is 2. The summed E-state index contributed by atoms with van der Waals surface area (Å²) in [4.78, 5) is 5.92. The van der Waals surface area contributed by atoms with Gasteiger partial charge < -0.3 is 4.90 Å². The summed E-state index contributed by atoms with van der Waals surface area (Å²) in [6.45, 7) is 1.87. The van der Waals surface area contributed by atoms with E-state index in [2.05, 4.69) is 4.98 Å². The molecule has 0 unspecified atom stereocenters. The highest BCUT2D eigenvalue weighted by atomic mass is 35.5. The van der Waals surface area contributed by atoms with Crippen molar-refractivity contribution in [2.75, 3.05) is 31.1 Å². The van der Waals surface area contributed by atoms with E-state index < -0.39 is 10.0 Å². The van der Waals surface area contributed by atoms with Gasteiger partial charge in [-0.3, -0.25) is 4.98 Å². The second-order valence-electron chi connectivity index (χ2n) is 4.77. The van der Waals surface area contributed by atoms with Crippen molar-refractivity contribution < 1.29 is 8.42 Å². The highest BCUT2D eigenvalue weighted by molar-refractivity contribution is 7.91. The second kappa shape index (κ2) is 6.33. The number of rotatable bonds is 3. The lowest BCUT2D eigenvalue weighted by molar-refractivity contribution is 0.386. The van der Waals surface area contributed by atoms with Gasteiger partial charge in [0.15, 0.2) is 0 Å². The Labute approximate surface area is 143 Å². The van der Waals surface area contributed by atoms with Crippen LogP contribution in [0.5, 0.6) is 0 Å². The molecule has 3 heterocycles. The van der Waals surface area contributed by atoms with Gasteiger partial charge in [0.2, 0.25) is 0 Å². The average molecular weight is 378 g/mol. The predicted octanol–water partition coefficient (Wildman–Crippen LogP) is 2.96. The van der Waals surface area contributed by atoms with Crippen LogP contribution in [-0.4, -0.2) is 43.9 Å². The fourth-order valence-corrected chi connectivity index (χ4v) is 5.57. The van der Waals surface area contributed by atoms with Crippen molar-refractivity contribution in [2.24, 2.45) is 0 Å². The van der Waals surface area contributed by atoms with Crippen LogP contribution in [0.15, 0.2) is 34.1 Å². The van der Waals surface area contributed by atoms with Gasteiger partial charge in [0.1, 0.15) is 4.21 Å². The zero-order valence-electron chi connectivity index (χ0n) is 11.4. The van der Waals surface area contributed by atoms with Crippen molar-refractivity contribution in [3.05, 3.63) is 40.0 Å². The molecule has 0 spiro atoms. The van der Waals surface area contributed by atoms with Gasteiger partial charge >= 0.3 is 0 Å². The molecule has 1 fully saturated rings. The molecule has 1 saturated heterocycles. The molecule has 5 nitrogen and oxygen atoms in total. The third-order valence-corrected chi connectivity index (χ3v) is 7.30. The van der Waals surface area contributed by atoms with Crippen molar-refractivity contribution in [1.29, 1.82) is 0 Å². The number of piperazine rings is 1. The number of thiophene rings is 1. The molecule has 0 radical (unpaired) electrons. The predicted molar refractivity (Wildman–Crippen MR) is 89.5 cm³/mol. The Bertz CT molecular complexity index is 737. The molecule has 0 aromatic carbocycles. The standard InChI is InChI=1S/C13H13Cl2N3O2S2/c14-10-8-16-9-11(15)13(10)17-3-5-18(6-4-17)22(19,20)12-2-1-7-21-12/h1-2,7-9H,3-6H2. The molecular weight excluding hydrogens is 365 g/mol. The topological polar surface area (TPSA) is 53.5 Å². The van der Waals surface area contributed by atoms with Crippen LogP contribution < -0.4 is 4.90 Å². The summed E-state index contributed by atoms with van der Waals surface area (Å²) in [5.74, 6) is 0. The van der Waals surface area contributed by atoms with E-state index in [1.807, 2.05) is 4.90 Å². The molecule has 1 aliphatic rings. The van der Waals surface area contributed by atoms with Crippen LogP contribution in [0.2, 0.25) is 10.0 Å². The van der Waals surface area contributed by atoms with Gasteiger partial charge in [-0.25, -0.2) is 8.42 Å². The summed E-state index contributed by atoms with van der Waals surface area (Å²) in [6, 6.07) is 3.37. The van der Waals surface area contributed by atoms with E-state index in [0.717, 1.165) is 0 Å². The number of anilines is 1. The highest BCUT2D eigenvalue weighted by Gasteiger charge is 2.30. The highest BCUT2D eigenvalue weighted by Crippen LogP contribution is 2.33. The lowest BCUT2D eigenvalue weighted by Crippen LogP contribution is -2.48. The van der Waals surface area contributed by atoms with Crippen molar-refractivity contribution in [3.8, 4) is 0 Å². The number of nitrogens with zero attached hydrogens (tertiary/aromatic N) is 3. The first-order valence-electron chi connectivity index (χ1n) is 6.58. The normalized spacial score (nSPS) is 16.9. The summed E-state index contributed by atoms with van der Waals surface area (Å²) < 4.78 is 26.8. The summed E-state index contributed by atoms with van der Waals surface area (Å²) >= 11 is 13.5. The molecular formula is C13H13Cl2N3O2S2. The summed E-state index contributed by atoms with van der Waals surface area (Å²) in [7, 11) is -3.40. The first-order valence-corrected chi connectivity index (χ1v) is 9.65. The van der Waals surface area contributed by atoms with Crippen LogP contribution in [0.25, 0.3) is 0 Å². The minimum absolute atomic E-state index is 0.376. The molecule has 9 heteroatoms. The number of aromatic nitrogens is 1. The monoisotopic (exact) mass is 377 g/mol. The molecule has 0 N–H and O–H groups in total. The molecule has 2 aromatic rings. The number of sulfonamides is 1. The van der Waals surface area contributed by atoms with E-state index in [1.165, 1.54) is 28.0 Å². The van der Waals surface area contributed by atoms with E-state index in [9.17, 15) is 8.42 Å². The Hall–Kier alpha value is -0.860. The summed E-state index contributed by atoms with van der Waals surface area (Å²) in [5.41, 5.74) is 0.714. The second-order valence-corrected chi connectivity index (χ2v) is 8.70. The van der Waals surface area contributed by atoms with Gasteiger partial charge in [0.05, 0.1) is 15.7 Å². The molecule has 1 aliphatic heterocycles. The number of hydrogen-bond acceptors (Lipinski definition) is 5. The minimum atomic E-state index is -3.40. The molecule has 0 bridgehead atoms. The fraction of sp³-hybridized carbons (Fsp3) is 0.308. The molecule has 2 aromatic heterocycles. The molecule has 3 rings (SSSR count). The van der Waals surface area contributed by atoms with Crippen LogP contribution in [0, 0.1) is 0 Å². The minimum Gasteiger partial charge on any atom is -0.366 e. The zero-order chi connectivity index (χ0) is 15.7. The zero-order valence-corrected chi connectivity index (χ0v) is 14.6. The Morgan fingerprint density at radius 3 is 2.27 bits per heavy atom. The van der Waals surface area contributed by atoms with E-state index in [4.69, 9.17) is 23.2 Å². The van der Waals surface area contributed by atoms with Crippen molar-refractivity contribution >= 4 is 50.2 Å². The van der Waals surface area contributed by atoms with E-state index in [1.54, 1.807) is 17.5 Å². The summed E-state index contributed by atoms with van der Waals surface area (Å²) in [5, 5.41) is 2.71. The summed E-state index contributed by atoms with van der Waals surface area (Å²) in [6.07, 6.45) is 3.08. The van der Waals surface area contributed by atoms with Crippen LogP contribution >= 0.6 is 34.5 Å². The molecule has 22 heavy (non-hydrogen) atoms. The molecule has 0 atom stereocenters. The lowest BCUT2D eigenvalue weighted by atomic mass is 10.3. The van der Waals surface area contributed by atoms with Crippen LogP contribution in [0.4, 0.5) is 5.69 Å². The first kappa shape index (κ1) is 16.0. The third kappa shape index (κ3) is 2.96. The van der Waals surface area contributed by atoms with Gasteiger partial charge in [0, 0.05) is 38.6 Å². The average Bonchev–Trinajstić information content (AvgIpc) is 3.02. The third-order valence-electron chi connectivity index (χ3n) is 3.47. The maximum absolute atomic E-state index is 12.5. The van der Waals surface area contributed by atoms with Crippen molar-refractivity contribution in [3.63, 3.8) is 0 Å². The Balaban J connectivity index is 1.76. The van der Waals surface area contributed by atoms with Gasteiger partial charge in [-0.15, -0.1) is 11.3 Å². The van der Waals surface area contributed by atoms with E-state index in [-0.39, 0.29) is 0 Å². The molecule has 0 amide bonds. The van der Waals surface area contributed by atoms with Crippen molar-refractivity contribution in [1.82, 2.24) is 9.29 Å². The Morgan fingerprint density at radius 1 is 1.09 bits per heavy atom. The van der Waals surface area contributed by atoms with E-state index in [0.29, 0.717) is 46.1 Å².